The lowest BCUT2D eigenvalue weighted by Crippen LogP contribution is -2.44. The van der Waals surface area contributed by atoms with E-state index in [1.807, 2.05) is 0 Å². The van der Waals surface area contributed by atoms with Gasteiger partial charge < -0.3 is 10.1 Å². The van der Waals surface area contributed by atoms with E-state index in [1.54, 1.807) is 0 Å². The van der Waals surface area contributed by atoms with Crippen molar-refractivity contribution in [3.05, 3.63) is 0 Å². The molecule has 2 heterocycles. The van der Waals surface area contributed by atoms with Crippen LogP contribution in [-0.4, -0.2) is 49.8 Å². The zero-order chi connectivity index (χ0) is 11.2. The Morgan fingerprint density at radius 3 is 2.94 bits per heavy atom. The van der Waals surface area contributed by atoms with E-state index in [0.717, 1.165) is 25.7 Å². The molecule has 0 aromatic carbocycles. The summed E-state index contributed by atoms with van der Waals surface area (Å²) in [6.07, 6.45) is 7.09. The quantitative estimate of drug-likeness (QED) is 0.788. The molecule has 16 heavy (non-hydrogen) atoms. The van der Waals surface area contributed by atoms with E-state index in [9.17, 15) is 0 Å². The van der Waals surface area contributed by atoms with Gasteiger partial charge in [-0.05, 0) is 38.8 Å². The fourth-order valence-corrected chi connectivity index (χ4v) is 2.90. The van der Waals surface area contributed by atoms with Gasteiger partial charge in [-0.2, -0.15) is 0 Å². The second kappa shape index (κ2) is 6.58. The average molecular weight is 226 g/mol. The summed E-state index contributed by atoms with van der Waals surface area (Å²) in [5.74, 6) is 0. The second-order valence-electron chi connectivity index (χ2n) is 5.08. The Morgan fingerprint density at radius 2 is 2.19 bits per heavy atom. The molecule has 0 aromatic rings. The third-order valence-corrected chi connectivity index (χ3v) is 3.91. The average Bonchev–Trinajstić information content (AvgIpc) is 2.67. The molecule has 2 saturated heterocycles. The maximum absolute atomic E-state index is 5.75. The van der Waals surface area contributed by atoms with E-state index in [4.69, 9.17) is 4.74 Å². The monoisotopic (exact) mass is 226 g/mol. The summed E-state index contributed by atoms with van der Waals surface area (Å²) < 4.78 is 5.75. The van der Waals surface area contributed by atoms with Gasteiger partial charge in [-0.25, -0.2) is 0 Å². The number of hydrogen-bond donors (Lipinski definition) is 1. The molecule has 2 unspecified atom stereocenters. The van der Waals surface area contributed by atoms with Crippen molar-refractivity contribution in [2.45, 2.75) is 51.2 Å². The lowest BCUT2D eigenvalue weighted by Gasteiger charge is -2.31. The highest BCUT2D eigenvalue weighted by Crippen LogP contribution is 2.17. The highest BCUT2D eigenvalue weighted by atomic mass is 16.5. The van der Waals surface area contributed by atoms with E-state index in [1.165, 1.54) is 45.2 Å². The minimum absolute atomic E-state index is 0.503. The maximum Gasteiger partial charge on any atom is 0.0702 e. The number of ether oxygens (including phenoxy) is 1. The van der Waals surface area contributed by atoms with Crippen molar-refractivity contribution < 1.29 is 4.74 Å². The highest BCUT2D eigenvalue weighted by molar-refractivity contribution is 4.79. The van der Waals surface area contributed by atoms with Crippen LogP contribution < -0.4 is 5.32 Å². The molecular weight excluding hydrogens is 200 g/mol. The fraction of sp³-hybridized carbons (Fsp3) is 1.00. The largest absolute Gasteiger partial charge is 0.377 e. The number of hydrogen-bond acceptors (Lipinski definition) is 3. The van der Waals surface area contributed by atoms with Gasteiger partial charge in [0.05, 0.1) is 6.10 Å². The van der Waals surface area contributed by atoms with Crippen LogP contribution in [0.25, 0.3) is 0 Å². The predicted molar refractivity (Wildman–Crippen MR) is 66.7 cm³/mol. The van der Waals surface area contributed by atoms with Gasteiger partial charge in [0.1, 0.15) is 0 Å². The van der Waals surface area contributed by atoms with E-state index in [-0.39, 0.29) is 0 Å². The van der Waals surface area contributed by atoms with Crippen LogP contribution >= 0.6 is 0 Å². The fourth-order valence-electron chi connectivity index (χ4n) is 2.90. The van der Waals surface area contributed by atoms with Crippen LogP contribution in [0.2, 0.25) is 0 Å². The Balaban J connectivity index is 1.81. The Bertz CT molecular complexity index is 184. The first-order chi connectivity index (χ1) is 7.90. The van der Waals surface area contributed by atoms with Crippen LogP contribution in [-0.2, 0) is 4.74 Å². The first-order valence-corrected chi connectivity index (χ1v) is 6.96. The molecule has 2 aliphatic heterocycles. The van der Waals surface area contributed by atoms with Gasteiger partial charge in [0, 0.05) is 25.7 Å². The summed E-state index contributed by atoms with van der Waals surface area (Å²) in [6, 6.07) is 0.733. The molecule has 2 rings (SSSR count). The van der Waals surface area contributed by atoms with Gasteiger partial charge in [0.15, 0.2) is 0 Å². The van der Waals surface area contributed by atoms with Crippen molar-refractivity contribution >= 4 is 0 Å². The van der Waals surface area contributed by atoms with E-state index < -0.39 is 0 Å². The molecule has 94 valence electrons. The third kappa shape index (κ3) is 3.44. The third-order valence-electron chi connectivity index (χ3n) is 3.91. The molecule has 0 saturated carbocycles. The minimum Gasteiger partial charge on any atom is -0.377 e. The topological polar surface area (TPSA) is 24.5 Å². The van der Waals surface area contributed by atoms with Crippen molar-refractivity contribution in [3.63, 3.8) is 0 Å². The second-order valence-corrected chi connectivity index (χ2v) is 5.08. The molecule has 0 radical (unpaired) electrons. The molecule has 2 atom stereocenters. The van der Waals surface area contributed by atoms with Crippen molar-refractivity contribution in [1.82, 2.24) is 10.2 Å². The minimum atomic E-state index is 0.503. The molecule has 2 fully saturated rings. The highest BCUT2D eigenvalue weighted by Gasteiger charge is 2.24. The van der Waals surface area contributed by atoms with Crippen molar-refractivity contribution in [1.29, 1.82) is 0 Å². The van der Waals surface area contributed by atoms with E-state index in [2.05, 4.69) is 17.1 Å². The van der Waals surface area contributed by atoms with Crippen LogP contribution in [0.4, 0.5) is 0 Å². The lowest BCUT2D eigenvalue weighted by atomic mass is 10.1. The van der Waals surface area contributed by atoms with Gasteiger partial charge in [-0.1, -0.05) is 13.3 Å². The van der Waals surface area contributed by atoms with Gasteiger partial charge in [0.25, 0.3) is 0 Å². The zero-order valence-corrected chi connectivity index (χ0v) is 10.6. The summed E-state index contributed by atoms with van der Waals surface area (Å²) in [6.45, 7) is 7.93. The van der Waals surface area contributed by atoms with Crippen LogP contribution in [0.5, 0.6) is 0 Å². The molecule has 0 bridgehead atoms. The smallest absolute Gasteiger partial charge is 0.0702 e. The van der Waals surface area contributed by atoms with E-state index >= 15 is 0 Å². The van der Waals surface area contributed by atoms with E-state index in [0.29, 0.717) is 6.10 Å². The Kier molecular flexibility index (Phi) is 5.07. The molecule has 0 amide bonds. The van der Waals surface area contributed by atoms with Crippen LogP contribution in [0, 0.1) is 0 Å². The van der Waals surface area contributed by atoms with Gasteiger partial charge in [-0.15, -0.1) is 0 Å². The summed E-state index contributed by atoms with van der Waals surface area (Å²) in [4.78, 5) is 2.62. The maximum atomic E-state index is 5.75. The van der Waals surface area contributed by atoms with Crippen LogP contribution in [0.15, 0.2) is 0 Å². The number of nitrogens with zero attached hydrogens (tertiary/aromatic N) is 1. The molecule has 2 aliphatic rings. The summed E-state index contributed by atoms with van der Waals surface area (Å²) in [5, 5.41) is 3.55. The Labute approximate surface area is 99.5 Å². The SMILES string of the molecule is CCN(CC1CCCO1)C1CCCCNC1. The molecule has 0 aliphatic carbocycles. The summed E-state index contributed by atoms with van der Waals surface area (Å²) >= 11 is 0. The standard InChI is InChI=1S/C13H26N2O/c1-2-15(11-13-7-5-9-16-13)12-6-3-4-8-14-10-12/h12-14H,2-11H2,1H3. The molecule has 3 nitrogen and oxygen atoms in total. The Morgan fingerprint density at radius 1 is 1.25 bits per heavy atom. The summed E-state index contributed by atoms with van der Waals surface area (Å²) in [5.41, 5.74) is 0. The number of rotatable bonds is 4. The molecular formula is C13H26N2O. The molecule has 0 spiro atoms. The van der Waals surface area contributed by atoms with Gasteiger partial charge in [-0.3, -0.25) is 4.90 Å². The first-order valence-electron chi connectivity index (χ1n) is 6.96. The van der Waals surface area contributed by atoms with Crippen molar-refractivity contribution in [3.8, 4) is 0 Å². The Hall–Kier alpha value is -0.120. The molecule has 1 N–H and O–H groups in total. The van der Waals surface area contributed by atoms with Crippen LogP contribution in [0.1, 0.15) is 39.0 Å². The first kappa shape index (κ1) is 12.3. The van der Waals surface area contributed by atoms with Gasteiger partial charge in [0.2, 0.25) is 0 Å². The lowest BCUT2D eigenvalue weighted by molar-refractivity contribution is 0.0580. The number of likely N-dealkylation sites (N-methyl/N-ethyl adjacent to an activating group) is 1. The van der Waals surface area contributed by atoms with Gasteiger partial charge >= 0.3 is 0 Å². The van der Waals surface area contributed by atoms with Crippen molar-refractivity contribution in [2.75, 3.05) is 32.8 Å². The number of nitrogens with one attached hydrogen (secondary N) is 1. The molecule has 3 heteroatoms. The van der Waals surface area contributed by atoms with Crippen molar-refractivity contribution in [2.24, 2.45) is 0 Å². The van der Waals surface area contributed by atoms with Crippen LogP contribution in [0.3, 0.4) is 0 Å². The molecule has 0 aromatic heterocycles. The zero-order valence-electron chi connectivity index (χ0n) is 10.6. The summed E-state index contributed by atoms with van der Waals surface area (Å²) in [7, 11) is 0. The predicted octanol–water partition coefficient (Wildman–Crippen LogP) is 1.63. The normalized spacial score (nSPS) is 31.9.